The number of hydrogen-bond donors (Lipinski definition) is 0. The van der Waals surface area contributed by atoms with Gasteiger partial charge in [0, 0.05) is 13.1 Å². The Bertz CT molecular complexity index is 105. The van der Waals surface area contributed by atoms with Crippen LogP contribution in [0.4, 0.5) is 0 Å². The monoisotopic (exact) mass is 215 g/mol. The third kappa shape index (κ3) is 11.8. The molecule has 0 aromatic heterocycles. The maximum absolute atomic E-state index is 5.10. The molecule has 1 saturated heterocycles. The summed E-state index contributed by atoms with van der Waals surface area (Å²) in [7, 11) is 2.11. The van der Waals surface area contributed by atoms with E-state index in [9.17, 15) is 0 Å². The summed E-state index contributed by atoms with van der Waals surface area (Å²) in [6.45, 7) is 8.53. The van der Waals surface area contributed by atoms with Crippen LogP contribution in [0.25, 0.3) is 0 Å². The van der Waals surface area contributed by atoms with E-state index in [2.05, 4.69) is 25.8 Å². The highest BCUT2D eigenvalue weighted by Gasteiger charge is 2.02. The smallest absolute Gasteiger partial charge is 0.0594 e. The van der Waals surface area contributed by atoms with Crippen molar-refractivity contribution in [1.29, 1.82) is 0 Å². The van der Waals surface area contributed by atoms with E-state index in [4.69, 9.17) is 4.74 Å². The van der Waals surface area contributed by atoms with Crippen molar-refractivity contribution < 1.29 is 4.74 Å². The number of rotatable bonds is 5. The summed E-state index contributed by atoms with van der Waals surface area (Å²) in [5.41, 5.74) is 0. The lowest BCUT2D eigenvalue weighted by Crippen LogP contribution is -2.32. The highest BCUT2D eigenvalue weighted by atomic mass is 16.5. The van der Waals surface area contributed by atoms with Gasteiger partial charge in [-0.2, -0.15) is 0 Å². The molecule has 92 valence electrons. The molecule has 0 N–H and O–H groups in total. The molecule has 0 amide bonds. The average Bonchev–Trinajstić information content (AvgIpc) is 2.27. The number of likely N-dealkylation sites (N-methyl/N-ethyl adjacent to an activating group) is 1. The van der Waals surface area contributed by atoms with E-state index in [0.29, 0.717) is 0 Å². The van der Waals surface area contributed by atoms with Crippen molar-refractivity contribution in [2.45, 2.75) is 52.4 Å². The maximum Gasteiger partial charge on any atom is 0.0594 e. The zero-order chi connectivity index (χ0) is 11.4. The van der Waals surface area contributed by atoms with Crippen molar-refractivity contribution in [2.75, 3.05) is 33.4 Å². The van der Waals surface area contributed by atoms with Crippen molar-refractivity contribution in [2.24, 2.45) is 0 Å². The van der Waals surface area contributed by atoms with Crippen molar-refractivity contribution in [3.05, 3.63) is 0 Å². The predicted octanol–water partition coefficient (Wildman–Crippen LogP) is 3.32. The number of morpholine rings is 1. The van der Waals surface area contributed by atoms with E-state index >= 15 is 0 Å². The summed E-state index contributed by atoms with van der Waals surface area (Å²) in [4.78, 5) is 2.27. The minimum atomic E-state index is 0.913. The Labute approximate surface area is 96.0 Å². The Balaban J connectivity index is 0.000000262. The minimum absolute atomic E-state index is 0.913. The molecule has 2 nitrogen and oxygen atoms in total. The molecule has 2 heteroatoms. The maximum atomic E-state index is 5.10. The van der Waals surface area contributed by atoms with E-state index in [1.165, 1.54) is 38.5 Å². The molecule has 1 aliphatic heterocycles. The fourth-order valence-corrected chi connectivity index (χ4v) is 1.51. The Kier molecular flexibility index (Phi) is 11.9. The lowest BCUT2D eigenvalue weighted by Gasteiger charge is -2.21. The van der Waals surface area contributed by atoms with Gasteiger partial charge in [-0.05, 0) is 7.05 Å². The summed E-state index contributed by atoms with van der Waals surface area (Å²) >= 11 is 0. The van der Waals surface area contributed by atoms with Gasteiger partial charge in [-0.25, -0.2) is 0 Å². The lowest BCUT2D eigenvalue weighted by atomic mass is 10.1. The minimum Gasteiger partial charge on any atom is -0.379 e. The molecule has 0 radical (unpaired) electrons. The molecule has 0 unspecified atom stereocenters. The van der Waals surface area contributed by atoms with Crippen LogP contribution in [0, 0.1) is 0 Å². The second-order valence-corrected chi connectivity index (χ2v) is 4.33. The highest BCUT2D eigenvalue weighted by Crippen LogP contribution is 2.03. The topological polar surface area (TPSA) is 12.5 Å². The van der Waals surface area contributed by atoms with Crippen LogP contribution >= 0.6 is 0 Å². The first kappa shape index (κ1) is 14.9. The number of hydrogen-bond acceptors (Lipinski definition) is 2. The van der Waals surface area contributed by atoms with Crippen molar-refractivity contribution in [1.82, 2.24) is 4.90 Å². The normalized spacial score (nSPS) is 17.0. The summed E-state index contributed by atoms with van der Waals surface area (Å²) < 4.78 is 5.10. The van der Waals surface area contributed by atoms with Gasteiger partial charge < -0.3 is 9.64 Å². The first-order chi connectivity index (χ1) is 7.31. The van der Waals surface area contributed by atoms with Crippen molar-refractivity contribution >= 4 is 0 Å². The summed E-state index contributed by atoms with van der Waals surface area (Å²) in [6.07, 6.45) is 8.49. The molecule has 1 rings (SSSR count). The first-order valence-corrected chi connectivity index (χ1v) is 6.57. The lowest BCUT2D eigenvalue weighted by molar-refractivity contribution is 0.0503. The van der Waals surface area contributed by atoms with E-state index in [1.54, 1.807) is 0 Å². The molecular formula is C13H29NO. The highest BCUT2D eigenvalue weighted by molar-refractivity contribution is 4.53. The van der Waals surface area contributed by atoms with Crippen LogP contribution in [-0.2, 0) is 4.74 Å². The van der Waals surface area contributed by atoms with Gasteiger partial charge in [-0.15, -0.1) is 0 Å². The summed E-state index contributed by atoms with van der Waals surface area (Å²) in [5.74, 6) is 0. The molecule has 1 fully saturated rings. The fraction of sp³-hybridized carbons (Fsp3) is 1.00. The van der Waals surface area contributed by atoms with Gasteiger partial charge in [0.15, 0.2) is 0 Å². The van der Waals surface area contributed by atoms with Crippen molar-refractivity contribution in [3.8, 4) is 0 Å². The average molecular weight is 215 g/mol. The van der Waals surface area contributed by atoms with Crippen LogP contribution in [0.5, 0.6) is 0 Å². The van der Waals surface area contributed by atoms with Gasteiger partial charge >= 0.3 is 0 Å². The fourth-order valence-electron chi connectivity index (χ4n) is 1.51. The van der Waals surface area contributed by atoms with Gasteiger partial charge in [0.1, 0.15) is 0 Å². The van der Waals surface area contributed by atoms with Crippen LogP contribution in [0.2, 0.25) is 0 Å². The molecule has 1 aliphatic rings. The Morgan fingerprint density at radius 3 is 1.60 bits per heavy atom. The Morgan fingerprint density at radius 2 is 1.33 bits per heavy atom. The zero-order valence-corrected chi connectivity index (χ0v) is 10.9. The largest absolute Gasteiger partial charge is 0.379 e. The van der Waals surface area contributed by atoms with Crippen LogP contribution in [0.15, 0.2) is 0 Å². The molecule has 0 saturated carbocycles. The second-order valence-electron chi connectivity index (χ2n) is 4.33. The van der Waals surface area contributed by atoms with E-state index in [0.717, 1.165) is 26.3 Å². The molecule has 0 spiro atoms. The van der Waals surface area contributed by atoms with Gasteiger partial charge in [-0.3, -0.25) is 0 Å². The molecule has 0 bridgehead atoms. The molecule has 0 atom stereocenters. The number of unbranched alkanes of at least 4 members (excludes halogenated alkanes) is 5. The van der Waals surface area contributed by atoms with Gasteiger partial charge in [0.25, 0.3) is 0 Å². The van der Waals surface area contributed by atoms with Crippen molar-refractivity contribution in [3.63, 3.8) is 0 Å². The van der Waals surface area contributed by atoms with E-state index in [1.807, 2.05) is 0 Å². The van der Waals surface area contributed by atoms with Crippen LogP contribution in [0.1, 0.15) is 52.4 Å². The van der Waals surface area contributed by atoms with Crippen LogP contribution in [0.3, 0.4) is 0 Å². The summed E-state index contributed by atoms with van der Waals surface area (Å²) in [6, 6.07) is 0. The number of nitrogens with zero attached hydrogens (tertiary/aromatic N) is 1. The van der Waals surface area contributed by atoms with Gasteiger partial charge in [0.2, 0.25) is 0 Å². The number of ether oxygens (including phenoxy) is 1. The standard InChI is InChI=1S/C8H18.C5H11NO/c1-3-5-7-8-6-4-2;1-6-2-4-7-5-3-6/h3-8H2,1-2H3;2-5H2,1H3. The Hall–Kier alpha value is -0.0800. The molecule has 0 aliphatic carbocycles. The van der Waals surface area contributed by atoms with Crippen LogP contribution in [-0.4, -0.2) is 38.3 Å². The van der Waals surface area contributed by atoms with Gasteiger partial charge in [0.05, 0.1) is 13.2 Å². The molecule has 0 aromatic carbocycles. The quantitative estimate of drug-likeness (QED) is 0.652. The third-order valence-corrected chi connectivity index (χ3v) is 2.69. The van der Waals surface area contributed by atoms with Gasteiger partial charge in [-0.1, -0.05) is 52.4 Å². The SMILES string of the molecule is CCCCCCCC.CN1CCOCC1. The predicted molar refractivity (Wildman–Crippen MR) is 67.4 cm³/mol. The summed E-state index contributed by atoms with van der Waals surface area (Å²) in [5, 5.41) is 0. The zero-order valence-electron chi connectivity index (χ0n) is 10.9. The molecular weight excluding hydrogens is 186 g/mol. The molecule has 1 heterocycles. The second kappa shape index (κ2) is 12.0. The van der Waals surface area contributed by atoms with Crippen LogP contribution < -0.4 is 0 Å². The van der Waals surface area contributed by atoms with E-state index < -0.39 is 0 Å². The first-order valence-electron chi connectivity index (χ1n) is 6.57. The molecule has 0 aromatic rings. The Morgan fingerprint density at radius 1 is 0.867 bits per heavy atom. The van der Waals surface area contributed by atoms with E-state index in [-0.39, 0.29) is 0 Å². The molecule has 15 heavy (non-hydrogen) atoms. The third-order valence-electron chi connectivity index (χ3n) is 2.69.